The van der Waals surface area contributed by atoms with Crippen LogP contribution in [0.4, 0.5) is 13.2 Å². The first-order valence-corrected chi connectivity index (χ1v) is 8.58. The third kappa shape index (κ3) is 4.97. The van der Waals surface area contributed by atoms with E-state index in [0.29, 0.717) is 38.2 Å². The summed E-state index contributed by atoms with van der Waals surface area (Å²) in [6.07, 6.45) is -2.86. The number of carbonyl (C=O) groups excluding carboxylic acids is 1. The maximum Gasteiger partial charge on any atom is 0.416 e. The molecule has 1 heterocycles. The van der Waals surface area contributed by atoms with Crippen LogP contribution in [0.15, 0.2) is 24.3 Å². The second-order valence-electron chi connectivity index (χ2n) is 7.84. The van der Waals surface area contributed by atoms with Gasteiger partial charge in [0.15, 0.2) is 0 Å². The van der Waals surface area contributed by atoms with E-state index in [4.69, 9.17) is 4.74 Å². The van der Waals surface area contributed by atoms with E-state index in [1.165, 1.54) is 6.07 Å². The average molecular weight is 357 g/mol. The van der Waals surface area contributed by atoms with Crippen LogP contribution in [0.2, 0.25) is 0 Å². The quantitative estimate of drug-likeness (QED) is 0.872. The summed E-state index contributed by atoms with van der Waals surface area (Å²) in [6.45, 7) is 7.47. The number of hydrogen-bond acceptors (Lipinski definition) is 2. The van der Waals surface area contributed by atoms with E-state index in [1.54, 1.807) is 6.07 Å². The Morgan fingerprint density at radius 2 is 1.84 bits per heavy atom. The molecule has 1 aliphatic heterocycles. The molecule has 1 fully saturated rings. The molecular weight excluding hydrogens is 331 g/mol. The highest BCUT2D eigenvalue weighted by Gasteiger charge is 2.43. The van der Waals surface area contributed by atoms with E-state index < -0.39 is 17.2 Å². The van der Waals surface area contributed by atoms with Gasteiger partial charge in [-0.15, -0.1) is 0 Å². The standard InChI is InChI=1S/C19H26F3NO2/c1-17(2,3)7-10-23-16(24)18(8-11-25-12-9-18)14-5-4-6-15(13-14)19(20,21)22/h4-6,13H,7-12H2,1-3H3,(H,23,24). The highest BCUT2D eigenvalue weighted by molar-refractivity contribution is 5.88. The van der Waals surface area contributed by atoms with Gasteiger partial charge >= 0.3 is 6.18 Å². The van der Waals surface area contributed by atoms with Crippen LogP contribution >= 0.6 is 0 Å². The van der Waals surface area contributed by atoms with E-state index >= 15 is 0 Å². The summed E-state index contributed by atoms with van der Waals surface area (Å²) in [5, 5.41) is 2.93. The molecule has 3 nitrogen and oxygen atoms in total. The van der Waals surface area contributed by atoms with Crippen LogP contribution in [0.5, 0.6) is 0 Å². The first kappa shape index (κ1) is 19.8. The van der Waals surface area contributed by atoms with Crippen molar-refractivity contribution in [3.8, 4) is 0 Å². The van der Waals surface area contributed by atoms with Crippen molar-refractivity contribution in [2.45, 2.75) is 51.6 Å². The van der Waals surface area contributed by atoms with Gasteiger partial charge in [0.05, 0.1) is 11.0 Å². The highest BCUT2D eigenvalue weighted by Crippen LogP contribution is 2.38. The fourth-order valence-corrected chi connectivity index (χ4v) is 3.08. The van der Waals surface area contributed by atoms with Crippen molar-refractivity contribution < 1.29 is 22.7 Å². The zero-order chi connectivity index (χ0) is 18.7. The molecule has 0 spiro atoms. The Balaban J connectivity index is 2.27. The molecule has 0 radical (unpaired) electrons. The van der Waals surface area contributed by atoms with Crippen LogP contribution in [0, 0.1) is 5.41 Å². The maximum atomic E-state index is 13.1. The van der Waals surface area contributed by atoms with Gasteiger partial charge in [0.2, 0.25) is 5.91 Å². The smallest absolute Gasteiger partial charge is 0.381 e. The predicted molar refractivity (Wildman–Crippen MR) is 90.3 cm³/mol. The molecule has 0 aromatic heterocycles. The van der Waals surface area contributed by atoms with Crippen molar-refractivity contribution in [3.05, 3.63) is 35.4 Å². The van der Waals surface area contributed by atoms with Crippen molar-refractivity contribution in [3.63, 3.8) is 0 Å². The van der Waals surface area contributed by atoms with Crippen molar-refractivity contribution in [2.24, 2.45) is 5.41 Å². The normalized spacial score (nSPS) is 18.0. The van der Waals surface area contributed by atoms with Gasteiger partial charge in [0.1, 0.15) is 0 Å². The van der Waals surface area contributed by atoms with Gasteiger partial charge in [0, 0.05) is 19.8 Å². The monoisotopic (exact) mass is 357 g/mol. The number of nitrogens with one attached hydrogen (secondary N) is 1. The van der Waals surface area contributed by atoms with Crippen LogP contribution in [0.25, 0.3) is 0 Å². The number of amides is 1. The van der Waals surface area contributed by atoms with E-state index in [1.807, 2.05) is 0 Å². The molecule has 1 aliphatic rings. The Morgan fingerprint density at radius 1 is 1.20 bits per heavy atom. The summed E-state index contributed by atoms with van der Waals surface area (Å²) < 4.78 is 44.6. The molecule has 140 valence electrons. The molecule has 1 N–H and O–H groups in total. The SMILES string of the molecule is CC(C)(C)CCNC(=O)C1(c2cccc(C(F)(F)F)c2)CCOCC1. The molecule has 6 heteroatoms. The van der Waals surface area contributed by atoms with E-state index in [2.05, 4.69) is 26.1 Å². The Kier molecular flexibility index (Phi) is 5.82. The summed E-state index contributed by atoms with van der Waals surface area (Å²) in [5.41, 5.74) is -1.19. The Bertz CT molecular complexity index is 599. The molecule has 25 heavy (non-hydrogen) atoms. The summed E-state index contributed by atoms with van der Waals surface area (Å²) in [5.74, 6) is -0.209. The van der Waals surface area contributed by atoms with E-state index in [0.717, 1.165) is 18.6 Å². The molecule has 0 bridgehead atoms. The third-order valence-electron chi connectivity index (χ3n) is 4.68. The summed E-state index contributed by atoms with van der Waals surface area (Å²) in [7, 11) is 0. The summed E-state index contributed by atoms with van der Waals surface area (Å²) in [4.78, 5) is 12.9. The molecule has 0 aliphatic carbocycles. The average Bonchev–Trinajstić information content (AvgIpc) is 2.53. The van der Waals surface area contributed by atoms with Crippen molar-refractivity contribution in [2.75, 3.05) is 19.8 Å². The number of rotatable bonds is 4. The maximum absolute atomic E-state index is 13.1. The van der Waals surface area contributed by atoms with Gasteiger partial charge in [-0.05, 0) is 36.3 Å². The summed E-state index contributed by atoms with van der Waals surface area (Å²) >= 11 is 0. The largest absolute Gasteiger partial charge is 0.416 e. The minimum Gasteiger partial charge on any atom is -0.381 e. The zero-order valence-electron chi connectivity index (χ0n) is 15.0. The molecule has 0 unspecified atom stereocenters. The van der Waals surface area contributed by atoms with Crippen LogP contribution in [-0.4, -0.2) is 25.7 Å². The number of benzene rings is 1. The minimum atomic E-state index is -4.43. The van der Waals surface area contributed by atoms with Crippen molar-refractivity contribution in [1.82, 2.24) is 5.32 Å². The van der Waals surface area contributed by atoms with Gasteiger partial charge in [-0.2, -0.15) is 13.2 Å². The Labute approximate surface area is 146 Å². The molecule has 1 saturated heterocycles. The molecular formula is C19H26F3NO2. The molecule has 0 atom stereocenters. The number of carbonyl (C=O) groups is 1. The first-order chi connectivity index (χ1) is 11.5. The molecule has 0 saturated carbocycles. The second kappa shape index (κ2) is 7.36. The highest BCUT2D eigenvalue weighted by atomic mass is 19.4. The predicted octanol–water partition coefficient (Wildman–Crippen LogP) is 4.31. The fourth-order valence-electron chi connectivity index (χ4n) is 3.08. The fraction of sp³-hybridized carbons (Fsp3) is 0.632. The van der Waals surface area contributed by atoms with E-state index in [9.17, 15) is 18.0 Å². The lowest BCUT2D eigenvalue weighted by molar-refractivity contribution is -0.138. The molecule has 1 aromatic carbocycles. The topological polar surface area (TPSA) is 38.3 Å². The number of alkyl halides is 3. The molecule has 1 aromatic rings. The lowest BCUT2D eigenvalue weighted by atomic mass is 9.73. The van der Waals surface area contributed by atoms with E-state index in [-0.39, 0.29) is 11.3 Å². The third-order valence-corrected chi connectivity index (χ3v) is 4.68. The van der Waals surface area contributed by atoms with Crippen molar-refractivity contribution in [1.29, 1.82) is 0 Å². The molecule has 2 rings (SSSR count). The first-order valence-electron chi connectivity index (χ1n) is 8.58. The van der Waals surface area contributed by atoms with Crippen molar-refractivity contribution >= 4 is 5.91 Å². The molecule has 1 amide bonds. The van der Waals surface area contributed by atoms with Gasteiger partial charge in [0.25, 0.3) is 0 Å². The zero-order valence-corrected chi connectivity index (χ0v) is 15.0. The van der Waals surface area contributed by atoms with Gasteiger partial charge in [-0.25, -0.2) is 0 Å². The number of halogens is 3. The van der Waals surface area contributed by atoms with Crippen LogP contribution in [0.3, 0.4) is 0 Å². The minimum absolute atomic E-state index is 0.0757. The van der Waals surface area contributed by atoms with Crippen LogP contribution in [-0.2, 0) is 21.1 Å². The van der Waals surface area contributed by atoms with Gasteiger partial charge in [-0.1, -0.05) is 39.0 Å². The lowest BCUT2D eigenvalue weighted by Crippen LogP contribution is -2.48. The van der Waals surface area contributed by atoms with Gasteiger partial charge < -0.3 is 10.1 Å². The second-order valence-corrected chi connectivity index (χ2v) is 7.84. The Hall–Kier alpha value is -1.56. The van der Waals surface area contributed by atoms with Crippen LogP contribution < -0.4 is 5.32 Å². The Morgan fingerprint density at radius 3 is 2.40 bits per heavy atom. The number of hydrogen-bond donors (Lipinski definition) is 1. The lowest BCUT2D eigenvalue weighted by Gasteiger charge is -2.37. The van der Waals surface area contributed by atoms with Crippen LogP contribution in [0.1, 0.15) is 51.2 Å². The number of ether oxygens (including phenoxy) is 1. The summed E-state index contributed by atoms with van der Waals surface area (Å²) in [6, 6.07) is 5.13. The van der Waals surface area contributed by atoms with Gasteiger partial charge in [-0.3, -0.25) is 4.79 Å².